The smallest absolute Gasteiger partial charge is 0.240 e. The molecule has 0 aromatic rings. The Balaban J connectivity index is 2.38. The molecule has 0 spiro atoms. The lowest BCUT2D eigenvalue weighted by Crippen LogP contribution is -2.43. The van der Waals surface area contributed by atoms with Crippen LogP contribution in [0.3, 0.4) is 0 Å². The zero-order valence-corrected chi connectivity index (χ0v) is 10.3. The van der Waals surface area contributed by atoms with Crippen LogP contribution in [-0.2, 0) is 9.53 Å². The zero-order chi connectivity index (χ0) is 11.3. The minimum absolute atomic E-state index is 0.0536. The highest BCUT2D eigenvalue weighted by Gasteiger charge is 2.25. The van der Waals surface area contributed by atoms with Gasteiger partial charge >= 0.3 is 0 Å². The molecule has 1 heterocycles. The number of ether oxygens (including phenoxy) is 1. The summed E-state index contributed by atoms with van der Waals surface area (Å²) in [5, 5.41) is -0.407. The van der Waals surface area contributed by atoms with E-state index in [1.165, 1.54) is 0 Å². The van der Waals surface area contributed by atoms with Crippen LogP contribution in [0, 0.1) is 5.92 Å². The average molecular weight is 234 g/mol. The Morgan fingerprint density at radius 3 is 3.00 bits per heavy atom. The fourth-order valence-corrected chi connectivity index (χ4v) is 2.08. The van der Waals surface area contributed by atoms with Crippen molar-refractivity contribution in [2.24, 2.45) is 5.92 Å². The quantitative estimate of drug-likeness (QED) is 0.694. The lowest BCUT2D eigenvalue weighted by molar-refractivity contribution is -0.132. The van der Waals surface area contributed by atoms with Crippen molar-refractivity contribution in [3.8, 4) is 0 Å². The Labute approximate surface area is 96.7 Å². The van der Waals surface area contributed by atoms with Crippen LogP contribution in [0.4, 0.5) is 0 Å². The monoisotopic (exact) mass is 233 g/mol. The van der Waals surface area contributed by atoms with Crippen LogP contribution in [0.1, 0.15) is 26.7 Å². The highest BCUT2D eigenvalue weighted by atomic mass is 35.5. The van der Waals surface area contributed by atoms with Gasteiger partial charge in [0.05, 0.1) is 6.61 Å². The van der Waals surface area contributed by atoms with E-state index in [-0.39, 0.29) is 5.91 Å². The number of piperidine rings is 1. The van der Waals surface area contributed by atoms with E-state index >= 15 is 0 Å². The van der Waals surface area contributed by atoms with E-state index in [1.54, 1.807) is 6.92 Å². The van der Waals surface area contributed by atoms with Crippen molar-refractivity contribution in [1.82, 2.24) is 4.90 Å². The molecule has 0 bridgehead atoms. The number of halogens is 1. The number of rotatable bonds is 4. The number of hydrogen-bond acceptors (Lipinski definition) is 2. The molecular weight excluding hydrogens is 214 g/mol. The maximum Gasteiger partial charge on any atom is 0.240 e. The summed E-state index contributed by atoms with van der Waals surface area (Å²) in [5.74, 6) is 0.538. The second kappa shape index (κ2) is 6.33. The summed E-state index contributed by atoms with van der Waals surface area (Å²) in [4.78, 5) is 13.5. The molecule has 1 aliphatic rings. The van der Waals surface area contributed by atoms with Crippen molar-refractivity contribution < 1.29 is 9.53 Å². The predicted molar refractivity (Wildman–Crippen MR) is 61.1 cm³/mol. The van der Waals surface area contributed by atoms with Gasteiger partial charge in [0, 0.05) is 19.7 Å². The third kappa shape index (κ3) is 3.99. The summed E-state index contributed by atoms with van der Waals surface area (Å²) in [6, 6.07) is 0. The Kier molecular flexibility index (Phi) is 5.40. The minimum atomic E-state index is -0.407. The number of likely N-dealkylation sites (tertiary alicyclic amines) is 1. The first-order chi connectivity index (χ1) is 7.15. The maximum absolute atomic E-state index is 11.7. The van der Waals surface area contributed by atoms with E-state index in [4.69, 9.17) is 16.3 Å². The molecule has 1 rings (SSSR count). The van der Waals surface area contributed by atoms with E-state index in [0.29, 0.717) is 5.92 Å². The molecule has 3 nitrogen and oxygen atoms in total. The van der Waals surface area contributed by atoms with Crippen LogP contribution in [0.2, 0.25) is 0 Å². The summed E-state index contributed by atoms with van der Waals surface area (Å²) in [6.07, 6.45) is 2.22. The summed E-state index contributed by atoms with van der Waals surface area (Å²) < 4.78 is 5.39. The zero-order valence-electron chi connectivity index (χ0n) is 9.54. The number of nitrogens with zero attached hydrogens (tertiary/aromatic N) is 1. The number of alkyl halides is 1. The molecule has 0 unspecified atom stereocenters. The Morgan fingerprint density at radius 1 is 1.67 bits per heavy atom. The van der Waals surface area contributed by atoms with Gasteiger partial charge in [-0.1, -0.05) is 0 Å². The van der Waals surface area contributed by atoms with Gasteiger partial charge in [-0.3, -0.25) is 4.79 Å². The van der Waals surface area contributed by atoms with Crippen LogP contribution in [0.15, 0.2) is 0 Å². The van der Waals surface area contributed by atoms with Crippen LogP contribution < -0.4 is 0 Å². The molecule has 4 heteroatoms. The SMILES string of the molecule is CCOC[C@@H]1CCCN(C(=O)[C@@H](C)Cl)C1. The molecule has 1 amide bonds. The number of amides is 1. The summed E-state index contributed by atoms with van der Waals surface area (Å²) in [5.41, 5.74) is 0. The number of carbonyl (C=O) groups is 1. The maximum atomic E-state index is 11.7. The Hall–Kier alpha value is -0.280. The van der Waals surface area contributed by atoms with E-state index < -0.39 is 5.38 Å². The van der Waals surface area contributed by atoms with Crippen LogP contribution in [0.25, 0.3) is 0 Å². The molecule has 88 valence electrons. The van der Waals surface area contributed by atoms with Gasteiger partial charge < -0.3 is 9.64 Å². The molecule has 0 radical (unpaired) electrons. The third-order valence-corrected chi connectivity index (χ3v) is 2.92. The Morgan fingerprint density at radius 2 is 2.40 bits per heavy atom. The van der Waals surface area contributed by atoms with E-state index in [0.717, 1.165) is 39.1 Å². The molecule has 1 aliphatic heterocycles. The van der Waals surface area contributed by atoms with E-state index in [1.807, 2.05) is 11.8 Å². The molecule has 0 aromatic heterocycles. The lowest BCUT2D eigenvalue weighted by Gasteiger charge is -2.33. The van der Waals surface area contributed by atoms with Crippen molar-refractivity contribution in [2.45, 2.75) is 32.1 Å². The number of carbonyl (C=O) groups excluding carboxylic acids is 1. The van der Waals surface area contributed by atoms with E-state index in [9.17, 15) is 4.79 Å². The van der Waals surface area contributed by atoms with Crippen LogP contribution in [0.5, 0.6) is 0 Å². The molecular formula is C11H20ClNO2. The molecule has 0 N–H and O–H groups in total. The Bertz CT molecular complexity index is 209. The van der Waals surface area contributed by atoms with Crippen molar-refractivity contribution >= 4 is 17.5 Å². The first-order valence-electron chi connectivity index (χ1n) is 5.65. The topological polar surface area (TPSA) is 29.5 Å². The van der Waals surface area contributed by atoms with Crippen LogP contribution >= 0.6 is 11.6 Å². The van der Waals surface area contributed by atoms with Crippen molar-refractivity contribution in [1.29, 1.82) is 0 Å². The first-order valence-corrected chi connectivity index (χ1v) is 6.09. The van der Waals surface area contributed by atoms with Gasteiger partial charge in [0.15, 0.2) is 0 Å². The van der Waals surface area contributed by atoms with Gasteiger partial charge in [0.1, 0.15) is 5.38 Å². The molecule has 1 saturated heterocycles. The van der Waals surface area contributed by atoms with Crippen molar-refractivity contribution in [2.75, 3.05) is 26.3 Å². The van der Waals surface area contributed by atoms with Gasteiger partial charge in [0.25, 0.3) is 0 Å². The van der Waals surface area contributed by atoms with Crippen LogP contribution in [-0.4, -0.2) is 42.5 Å². The first kappa shape index (κ1) is 12.8. The summed E-state index contributed by atoms with van der Waals surface area (Å²) >= 11 is 5.79. The van der Waals surface area contributed by atoms with Gasteiger partial charge in [-0.2, -0.15) is 0 Å². The summed E-state index contributed by atoms with van der Waals surface area (Å²) in [6.45, 7) is 6.88. The van der Waals surface area contributed by atoms with Gasteiger partial charge in [0.2, 0.25) is 5.91 Å². The van der Waals surface area contributed by atoms with Gasteiger partial charge in [-0.15, -0.1) is 11.6 Å². The molecule has 0 aliphatic carbocycles. The second-order valence-electron chi connectivity index (χ2n) is 4.07. The normalized spacial score (nSPS) is 23.9. The van der Waals surface area contributed by atoms with Gasteiger partial charge in [-0.25, -0.2) is 0 Å². The van der Waals surface area contributed by atoms with E-state index in [2.05, 4.69) is 0 Å². The molecule has 0 aromatic carbocycles. The molecule has 1 fully saturated rings. The predicted octanol–water partition coefficient (Wildman–Crippen LogP) is 1.89. The molecule has 2 atom stereocenters. The fourth-order valence-electron chi connectivity index (χ4n) is 1.94. The highest BCUT2D eigenvalue weighted by molar-refractivity contribution is 6.30. The average Bonchev–Trinajstić information content (AvgIpc) is 2.25. The fraction of sp³-hybridized carbons (Fsp3) is 0.909. The van der Waals surface area contributed by atoms with Gasteiger partial charge in [-0.05, 0) is 32.6 Å². The largest absolute Gasteiger partial charge is 0.381 e. The van der Waals surface area contributed by atoms with Crippen molar-refractivity contribution in [3.05, 3.63) is 0 Å². The molecule has 0 saturated carbocycles. The minimum Gasteiger partial charge on any atom is -0.381 e. The standard InChI is InChI=1S/C11H20ClNO2/c1-3-15-8-10-5-4-6-13(7-10)11(14)9(2)12/h9-10H,3-8H2,1-2H3/t9-,10-/m1/s1. The summed E-state index contributed by atoms with van der Waals surface area (Å²) in [7, 11) is 0. The van der Waals surface area contributed by atoms with Crippen molar-refractivity contribution in [3.63, 3.8) is 0 Å². The number of hydrogen-bond donors (Lipinski definition) is 0. The lowest BCUT2D eigenvalue weighted by atomic mass is 9.99. The third-order valence-electron chi connectivity index (χ3n) is 2.73. The second-order valence-corrected chi connectivity index (χ2v) is 4.72. The highest BCUT2D eigenvalue weighted by Crippen LogP contribution is 2.18. The molecule has 15 heavy (non-hydrogen) atoms.